The molecule has 2 aliphatic heterocycles. The zero-order valence-electron chi connectivity index (χ0n) is 13.4. The first-order valence-electron chi connectivity index (χ1n) is 8.24. The topological polar surface area (TPSA) is 58.5 Å². The lowest BCUT2D eigenvalue weighted by molar-refractivity contribution is -0.0963. The van der Waals surface area contributed by atoms with Gasteiger partial charge in [0.2, 0.25) is 0 Å². The molecule has 0 aromatic carbocycles. The molecule has 0 saturated carbocycles. The van der Waals surface area contributed by atoms with Crippen LogP contribution in [0, 0.1) is 0 Å². The first-order valence-corrected chi connectivity index (χ1v) is 9.44. The van der Waals surface area contributed by atoms with Crippen molar-refractivity contribution in [3.63, 3.8) is 0 Å². The van der Waals surface area contributed by atoms with Crippen LogP contribution in [0.5, 0.6) is 0 Å². The van der Waals surface area contributed by atoms with Crippen molar-refractivity contribution in [1.29, 1.82) is 0 Å². The quantitative estimate of drug-likeness (QED) is 0.906. The van der Waals surface area contributed by atoms with Crippen molar-refractivity contribution in [1.82, 2.24) is 14.9 Å². The van der Waals surface area contributed by atoms with Gasteiger partial charge in [-0.3, -0.25) is 14.9 Å². The molecule has 2 aliphatic rings. The molecule has 4 rings (SSSR count). The van der Waals surface area contributed by atoms with Gasteiger partial charge in [0.25, 0.3) is 0 Å². The maximum atomic E-state index is 9.62. The third kappa shape index (κ3) is 2.86. The summed E-state index contributed by atoms with van der Waals surface area (Å²) in [5.74, 6) is 0. The van der Waals surface area contributed by atoms with Crippen LogP contribution >= 0.6 is 22.9 Å². The van der Waals surface area contributed by atoms with Crippen LogP contribution in [-0.2, 0) is 29.9 Å². The number of hydrogen-bond donors (Lipinski definition) is 1. The van der Waals surface area contributed by atoms with Crippen LogP contribution in [0.2, 0.25) is 4.34 Å². The molecule has 7 heteroatoms. The lowest BCUT2D eigenvalue weighted by Crippen LogP contribution is -2.45. The summed E-state index contributed by atoms with van der Waals surface area (Å²) in [5, 5.41) is 9.62. The molecule has 4 heterocycles. The monoisotopic (exact) mass is 365 g/mol. The highest BCUT2D eigenvalue weighted by atomic mass is 35.5. The van der Waals surface area contributed by atoms with Gasteiger partial charge in [-0.25, -0.2) is 0 Å². The summed E-state index contributed by atoms with van der Waals surface area (Å²) in [7, 11) is 0. The van der Waals surface area contributed by atoms with Gasteiger partial charge in [0, 0.05) is 48.7 Å². The number of nitrogens with zero attached hydrogens (tertiary/aromatic N) is 3. The highest BCUT2D eigenvalue weighted by Gasteiger charge is 2.43. The molecule has 1 fully saturated rings. The third-order valence-electron chi connectivity index (χ3n) is 5.04. The lowest BCUT2D eigenvalue weighted by Gasteiger charge is -2.43. The molecular weight excluding hydrogens is 346 g/mol. The molecule has 0 bridgehead atoms. The number of fused-ring (bicyclic) bond motifs is 2. The van der Waals surface area contributed by atoms with Crippen molar-refractivity contribution in [3.8, 4) is 0 Å². The van der Waals surface area contributed by atoms with E-state index in [2.05, 4.69) is 14.9 Å². The number of rotatable bonds is 3. The second-order valence-electron chi connectivity index (χ2n) is 6.39. The van der Waals surface area contributed by atoms with Crippen LogP contribution in [0.1, 0.15) is 34.5 Å². The van der Waals surface area contributed by atoms with Gasteiger partial charge in [0.1, 0.15) is 5.60 Å². The van der Waals surface area contributed by atoms with E-state index in [1.807, 2.05) is 6.20 Å². The maximum absolute atomic E-state index is 9.62. The van der Waals surface area contributed by atoms with Gasteiger partial charge in [0.15, 0.2) is 0 Å². The molecule has 24 heavy (non-hydrogen) atoms. The Balaban J connectivity index is 1.51. The molecular formula is C17H20ClN3O2S. The van der Waals surface area contributed by atoms with E-state index in [-0.39, 0.29) is 12.2 Å². The molecule has 0 radical (unpaired) electrons. The van der Waals surface area contributed by atoms with Crippen molar-refractivity contribution >= 4 is 22.9 Å². The Kier molecular flexibility index (Phi) is 4.58. The van der Waals surface area contributed by atoms with E-state index in [1.54, 1.807) is 23.7 Å². The van der Waals surface area contributed by atoms with Crippen LogP contribution in [0.4, 0.5) is 0 Å². The molecule has 128 valence electrons. The number of thiophene rings is 1. The molecule has 0 atom stereocenters. The summed E-state index contributed by atoms with van der Waals surface area (Å²) in [6, 6.07) is 0. The van der Waals surface area contributed by atoms with Crippen molar-refractivity contribution < 1.29 is 9.84 Å². The Morgan fingerprint density at radius 1 is 1.33 bits per heavy atom. The Hall–Kier alpha value is -1.05. The van der Waals surface area contributed by atoms with E-state index in [4.69, 9.17) is 16.3 Å². The third-order valence-corrected chi connectivity index (χ3v) is 6.74. The molecule has 0 unspecified atom stereocenters. The fraction of sp³-hybridized carbons (Fsp3) is 0.529. The molecule has 1 spiro atoms. The minimum Gasteiger partial charge on any atom is -0.392 e. The summed E-state index contributed by atoms with van der Waals surface area (Å²) < 4.78 is 6.98. The Morgan fingerprint density at radius 2 is 2.17 bits per heavy atom. The molecule has 0 aliphatic carbocycles. The summed E-state index contributed by atoms with van der Waals surface area (Å²) in [6.07, 6.45) is 8.00. The number of likely N-dealkylation sites (tertiary alicyclic amines) is 1. The number of hydrogen-bond acceptors (Lipinski definition) is 6. The number of ether oxygens (including phenoxy) is 1. The van der Waals surface area contributed by atoms with Crippen molar-refractivity contribution in [2.24, 2.45) is 0 Å². The smallest absolute Gasteiger partial charge is 0.105 e. The van der Waals surface area contributed by atoms with Crippen LogP contribution in [0.3, 0.4) is 0 Å². The highest BCUT2D eigenvalue weighted by Crippen LogP contribution is 2.48. The molecule has 2 aromatic heterocycles. The molecule has 5 nitrogen and oxygen atoms in total. The molecule has 1 saturated heterocycles. The minimum absolute atomic E-state index is 0.0134. The number of aliphatic hydroxyl groups excluding tert-OH is 1. The second kappa shape index (κ2) is 6.69. The predicted molar refractivity (Wildman–Crippen MR) is 93.1 cm³/mol. The summed E-state index contributed by atoms with van der Waals surface area (Å²) in [6.45, 7) is 3.46. The fourth-order valence-electron chi connectivity index (χ4n) is 3.76. The zero-order valence-corrected chi connectivity index (χ0v) is 14.9. The Morgan fingerprint density at radius 3 is 2.88 bits per heavy atom. The van der Waals surface area contributed by atoms with Crippen LogP contribution in [-0.4, -0.2) is 39.7 Å². The number of aliphatic hydroxyl groups is 1. The molecule has 1 N–H and O–H groups in total. The van der Waals surface area contributed by atoms with Crippen LogP contribution in [0.25, 0.3) is 0 Å². The van der Waals surface area contributed by atoms with Crippen LogP contribution in [0.15, 0.2) is 18.6 Å². The van der Waals surface area contributed by atoms with Gasteiger partial charge in [-0.2, -0.15) is 0 Å². The van der Waals surface area contributed by atoms with Crippen LogP contribution < -0.4 is 0 Å². The summed E-state index contributed by atoms with van der Waals surface area (Å²) in [5.41, 5.74) is 2.90. The van der Waals surface area contributed by atoms with Gasteiger partial charge in [-0.15, -0.1) is 11.3 Å². The van der Waals surface area contributed by atoms with E-state index in [0.29, 0.717) is 6.61 Å². The normalized spacial score (nSPS) is 20.2. The van der Waals surface area contributed by atoms with Crippen molar-refractivity contribution in [2.75, 3.05) is 19.7 Å². The number of halogens is 1. The lowest BCUT2D eigenvalue weighted by atomic mass is 9.84. The SMILES string of the molecule is OCc1c(Cl)sc2c1CCOC21CCN(Cc2cnccn2)CC1. The van der Waals surface area contributed by atoms with E-state index in [0.717, 1.165) is 54.5 Å². The van der Waals surface area contributed by atoms with E-state index < -0.39 is 0 Å². The largest absolute Gasteiger partial charge is 0.392 e. The zero-order chi connectivity index (χ0) is 16.6. The predicted octanol–water partition coefficient (Wildman–Crippen LogP) is 2.75. The minimum atomic E-state index is -0.228. The van der Waals surface area contributed by atoms with E-state index in [1.165, 1.54) is 10.4 Å². The van der Waals surface area contributed by atoms with Gasteiger partial charge in [-0.05, 0) is 24.8 Å². The van der Waals surface area contributed by atoms with Gasteiger partial charge < -0.3 is 9.84 Å². The van der Waals surface area contributed by atoms with Crippen molar-refractivity contribution in [3.05, 3.63) is 44.6 Å². The summed E-state index contributed by atoms with van der Waals surface area (Å²) in [4.78, 5) is 12.1. The van der Waals surface area contributed by atoms with Gasteiger partial charge in [-0.1, -0.05) is 11.6 Å². The Bertz CT molecular complexity index is 714. The van der Waals surface area contributed by atoms with Gasteiger partial charge >= 0.3 is 0 Å². The molecule has 0 amide bonds. The fourth-order valence-corrected chi connectivity index (χ4v) is 5.45. The van der Waals surface area contributed by atoms with E-state index in [9.17, 15) is 5.11 Å². The first-order chi connectivity index (χ1) is 11.7. The van der Waals surface area contributed by atoms with Crippen molar-refractivity contribution in [2.45, 2.75) is 38.0 Å². The standard InChI is InChI=1S/C17H20ClN3O2S/c18-16-14(11-22)13-1-8-23-17(15(13)24-16)2-6-21(7-3-17)10-12-9-19-4-5-20-12/h4-5,9,22H,1-3,6-8,10-11H2. The highest BCUT2D eigenvalue weighted by molar-refractivity contribution is 7.16. The Labute approximate surface area is 150 Å². The molecule has 2 aromatic rings. The maximum Gasteiger partial charge on any atom is 0.105 e. The number of aromatic nitrogens is 2. The number of piperidine rings is 1. The van der Waals surface area contributed by atoms with Gasteiger partial charge in [0.05, 0.1) is 23.2 Å². The second-order valence-corrected chi connectivity index (χ2v) is 8.01. The van der Waals surface area contributed by atoms with E-state index >= 15 is 0 Å². The average Bonchev–Trinajstić information content (AvgIpc) is 2.95. The first kappa shape index (κ1) is 16.4. The average molecular weight is 366 g/mol. The summed E-state index contributed by atoms with van der Waals surface area (Å²) >= 11 is 7.94.